The van der Waals surface area contributed by atoms with Crippen LogP contribution < -0.4 is 9.62 Å². The number of carbonyl (C=O) groups is 2. The summed E-state index contributed by atoms with van der Waals surface area (Å²) in [6.45, 7) is 4.67. The molecule has 0 aliphatic heterocycles. The fraction of sp³-hybridized carbons (Fsp3) is 0.257. The number of aryl methyl sites for hydroxylation is 1. The number of rotatable bonds is 13. The van der Waals surface area contributed by atoms with Gasteiger partial charge in [-0.1, -0.05) is 96.9 Å². The topological polar surface area (TPSA) is 86.8 Å². The van der Waals surface area contributed by atoms with E-state index in [4.69, 9.17) is 11.6 Å². The minimum absolute atomic E-state index is 0.0307. The summed E-state index contributed by atoms with van der Waals surface area (Å²) in [5.41, 5.74) is 1.93. The van der Waals surface area contributed by atoms with Gasteiger partial charge in [-0.15, -0.1) is 0 Å². The zero-order chi connectivity index (χ0) is 32.6. The van der Waals surface area contributed by atoms with Gasteiger partial charge in [0.2, 0.25) is 11.8 Å². The van der Waals surface area contributed by atoms with Crippen LogP contribution in [-0.4, -0.2) is 43.8 Å². The molecular weight excluding hydrogens is 613 g/mol. The van der Waals surface area contributed by atoms with Gasteiger partial charge in [0.1, 0.15) is 18.4 Å². The number of hydrogen-bond acceptors (Lipinski definition) is 4. The normalized spacial score (nSPS) is 12.6. The zero-order valence-corrected chi connectivity index (χ0v) is 27.1. The van der Waals surface area contributed by atoms with E-state index in [1.54, 1.807) is 30.3 Å². The molecule has 2 amide bonds. The summed E-state index contributed by atoms with van der Waals surface area (Å²) in [7, 11) is -4.30. The molecule has 7 nitrogen and oxygen atoms in total. The Bertz CT molecular complexity index is 1720. The van der Waals surface area contributed by atoms with Crippen molar-refractivity contribution in [1.29, 1.82) is 0 Å². The Hall–Kier alpha value is -4.21. The second kappa shape index (κ2) is 15.2. The second-order valence-electron chi connectivity index (χ2n) is 10.9. The second-order valence-corrected chi connectivity index (χ2v) is 13.2. The van der Waals surface area contributed by atoms with E-state index in [9.17, 15) is 18.0 Å². The first-order chi connectivity index (χ1) is 21.5. The first kappa shape index (κ1) is 33.7. The molecule has 0 aliphatic carbocycles. The molecule has 236 valence electrons. The summed E-state index contributed by atoms with van der Waals surface area (Å²) in [5, 5.41) is 3.08. The molecule has 0 unspecified atom stereocenters. The van der Waals surface area contributed by atoms with Crippen molar-refractivity contribution in [1.82, 2.24) is 10.2 Å². The summed E-state index contributed by atoms with van der Waals surface area (Å²) in [5.74, 6) is -1.68. The number of sulfonamides is 1. The van der Waals surface area contributed by atoms with Crippen LogP contribution in [0.5, 0.6) is 0 Å². The van der Waals surface area contributed by atoms with Crippen LogP contribution in [0.25, 0.3) is 0 Å². The van der Waals surface area contributed by atoms with E-state index in [-0.39, 0.29) is 40.2 Å². The van der Waals surface area contributed by atoms with Gasteiger partial charge in [0.25, 0.3) is 10.0 Å². The number of benzene rings is 4. The Balaban J connectivity index is 1.83. The van der Waals surface area contributed by atoms with Gasteiger partial charge in [-0.3, -0.25) is 13.9 Å². The van der Waals surface area contributed by atoms with E-state index in [1.165, 1.54) is 47.4 Å². The maximum absolute atomic E-state index is 15.0. The van der Waals surface area contributed by atoms with E-state index in [2.05, 4.69) is 5.32 Å². The van der Waals surface area contributed by atoms with Crippen LogP contribution in [0.15, 0.2) is 108 Å². The number of hydrogen-bond donors (Lipinski definition) is 1. The Morgan fingerprint density at radius 2 is 1.51 bits per heavy atom. The number of anilines is 1. The third kappa shape index (κ3) is 8.49. The Morgan fingerprint density at radius 3 is 2.16 bits per heavy atom. The predicted octanol–water partition coefficient (Wildman–Crippen LogP) is 6.54. The summed E-state index contributed by atoms with van der Waals surface area (Å²) in [4.78, 5) is 29.5. The molecule has 45 heavy (non-hydrogen) atoms. The number of halogens is 2. The Morgan fingerprint density at radius 1 is 0.889 bits per heavy atom. The van der Waals surface area contributed by atoms with Crippen molar-refractivity contribution < 1.29 is 22.4 Å². The Kier molecular flexibility index (Phi) is 11.4. The molecule has 0 aliphatic rings. The quantitative estimate of drug-likeness (QED) is 0.178. The minimum atomic E-state index is -4.30. The van der Waals surface area contributed by atoms with Gasteiger partial charge in [0.15, 0.2) is 0 Å². The van der Waals surface area contributed by atoms with Crippen LogP contribution in [0.2, 0.25) is 5.02 Å². The molecule has 0 saturated heterocycles. The molecule has 10 heteroatoms. The van der Waals surface area contributed by atoms with Gasteiger partial charge in [0.05, 0.1) is 15.6 Å². The molecular formula is C35H37ClFN3O4S. The molecule has 4 aromatic carbocycles. The summed E-state index contributed by atoms with van der Waals surface area (Å²) in [6.07, 6.45) is 0.778. The maximum atomic E-state index is 15.0. The van der Waals surface area contributed by atoms with Gasteiger partial charge in [-0.2, -0.15) is 0 Å². The fourth-order valence-electron chi connectivity index (χ4n) is 4.81. The maximum Gasteiger partial charge on any atom is 0.264 e. The SMILES string of the molecule is CC[C@H](C)NC(=O)[C@H](Cc1ccccc1)N(Cc1ccccc1F)C(=O)CN(c1ccccc1Cl)S(=O)(=O)c1ccc(C)cc1. The fourth-order valence-corrected chi connectivity index (χ4v) is 6.53. The molecule has 4 rings (SSSR count). The average molecular weight is 650 g/mol. The average Bonchev–Trinajstić information content (AvgIpc) is 3.03. The van der Waals surface area contributed by atoms with Crippen molar-refractivity contribution in [2.75, 3.05) is 10.8 Å². The number of nitrogens with one attached hydrogen (secondary N) is 1. The van der Waals surface area contributed by atoms with Gasteiger partial charge >= 0.3 is 0 Å². The lowest BCUT2D eigenvalue weighted by Crippen LogP contribution is -2.54. The van der Waals surface area contributed by atoms with Crippen molar-refractivity contribution in [3.63, 3.8) is 0 Å². The third-order valence-corrected chi connectivity index (χ3v) is 9.67. The molecule has 0 radical (unpaired) electrons. The van der Waals surface area contributed by atoms with E-state index in [0.29, 0.717) is 6.42 Å². The summed E-state index contributed by atoms with van der Waals surface area (Å²) < 4.78 is 44.2. The third-order valence-electron chi connectivity index (χ3n) is 7.58. The van der Waals surface area contributed by atoms with Gasteiger partial charge < -0.3 is 10.2 Å². The number of amides is 2. The predicted molar refractivity (Wildman–Crippen MR) is 176 cm³/mol. The summed E-state index contributed by atoms with van der Waals surface area (Å²) >= 11 is 6.50. The number of para-hydroxylation sites is 1. The molecule has 1 N–H and O–H groups in total. The highest BCUT2D eigenvalue weighted by atomic mass is 35.5. The van der Waals surface area contributed by atoms with Gasteiger partial charge in [0, 0.05) is 24.6 Å². The van der Waals surface area contributed by atoms with Crippen molar-refractivity contribution >= 4 is 39.1 Å². The first-order valence-electron chi connectivity index (χ1n) is 14.7. The highest BCUT2D eigenvalue weighted by Gasteiger charge is 2.35. The lowest BCUT2D eigenvalue weighted by Gasteiger charge is -2.34. The van der Waals surface area contributed by atoms with Crippen molar-refractivity contribution in [2.45, 2.75) is 57.1 Å². The smallest absolute Gasteiger partial charge is 0.264 e. The Labute approximate surface area is 269 Å². The van der Waals surface area contributed by atoms with E-state index in [0.717, 1.165) is 15.4 Å². The zero-order valence-electron chi connectivity index (χ0n) is 25.5. The first-order valence-corrected chi connectivity index (χ1v) is 16.5. The molecule has 0 heterocycles. The van der Waals surface area contributed by atoms with E-state index < -0.39 is 40.2 Å². The molecule has 0 saturated carbocycles. The highest BCUT2D eigenvalue weighted by molar-refractivity contribution is 7.92. The van der Waals surface area contributed by atoms with Crippen LogP contribution in [0.3, 0.4) is 0 Å². The van der Waals surface area contributed by atoms with Crippen LogP contribution in [0.4, 0.5) is 10.1 Å². The van der Waals surface area contributed by atoms with Crippen molar-refractivity contribution in [2.24, 2.45) is 0 Å². The lowest BCUT2D eigenvalue weighted by molar-refractivity contribution is -0.140. The largest absolute Gasteiger partial charge is 0.352 e. The van der Waals surface area contributed by atoms with Gasteiger partial charge in [-0.25, -0.2) is 12.8 Å². The molecule has 0 bridgehead atoms. The van der Waals surface area contributed by atoms with Crippen LogP contribution >= 0.6 is 11.6 Å². The van der Waals surface area contributed by atoms with Crippen LogP contribution in [0, 0.1) is 12.7 Å². The molecule has 0 fully saturated rings. The number of nitrogens with zero attached hydrogens (tertiary/aromatic N) is 2. The van der Waals surface area contributed by atoms with Gasteiger partial charge in [-0.05, 0) is 56.2 Å². The van der Waals surface area contributed by atoms with Crippen molar-refractivity contribution in [3.8, 4) is 0 Å². The number of carbonyl (C=O) groups excluding carboxylic acids is 2. The van der Waals surface area contributed by atoms with Crippen LogP contribution in [-0.2, 0) is 32.6 Å². The lowest BCUT2D eigenvalue weighted by atomic mass is 10.0. The van der Waals surface area contributed by atoms with E-state index in [1.807, 2.05) is 51.1 Å². The molecule has 0 spiro atoms. The standard InChI is InChI=1S/C35H37ClFN3O4S/c1-4-26(3)38-35(42)33(22-27-12-6-5-7-13-27)39(23-28-14-8-10-16-31(28)37)34(41)24-40(32-17-11-9-15-30(32)36)45(43,44)29-20-18-25(2)19-21-29/h5-21,26,33H,4,22-24H2,1-3H3,(H,38,42)/t26-,33-/m0/s1. The van der Waals surface area contributed by atoms with E-state index >= 15 is 4.39 Å². The monoisotopic (exact) mass is 649 g/mol. The highest BCUT2D eigenvalue weighted by Crippen LogP contribution is 2.31. The molecule has 2 atom stereocenters. The molecule has 4 aromatic rings. The molecule has 0 aromatic heterocycles. The minimum Gasteiger partial charge on any atom is -0.352 e. The van der Waals surface area contributed by atoms with Crippen molar-refractivity contribution in [3.05, 3.63) is 131 Å². The van der Waals surface area contributed by atoms with Crippen LogP contribution in [0.1, 0.15) is 37.0 Å². The summed E-state index contributed by atoms with van der Waals surface area (Å²) in [6, 6.07) is 26.5.